The summed E-state index contributed by atoms with van der Waals surface area (Å²) in [5, 5.41) is 2.80. The molecule has 0 aliphatic rings. The van der Waals surface area contributed by atoms with Crippen molar-refractivity contribution in [2.45, 2.75) is 25.9 Å². The molecule has 5 nitrogen and oxygen atoms in total. The predicted molar refractivity (Wildman–Crippen MR) is 130 cm³/mol. The number of hydrogen-bond donors (Lipinski definition) is 1. The number of carbonyl (C=O) groups is 1. The third-order valence-electron chi connectivity index (χ3n) is 5.25. The summed E-state index contributed by atoms with van der Waals surface area (Å²) < 4.78 is 42.1. The summed E-state index contributed by atoms with van der Waals surface area (Å²) in [6.45, 7) is 4.08. The Morgan fingerprint density at radius 1 is 0.971 bits per heavy atom. The van der Waals surface area contributed by atoms with Gasteiger partial charge in [0.25, 0.3) is 0 Å². The molecule has 1 radical (unpaired) electrons. The van der Waals surface area contributed by atoms with Crippen molar-refractivity contribution in [3.63, 3.8) is 0 Å². The minimum atomic E-state index is -4.56. The molecule has 4 aromatic rings. The molecule has 0 unspecified atom stereocenters. The van der Waals surface area contributed by atoms with E-state index in [1.165, 1.54) is 18.5 Å². The second-order valence-corrected chi connectivity index (χ2v) is 10.4. The fourth-order valence-electron chi connectivity index (χ4n) is 3.43. The summed E-state index contributed by atoms with van der Waals surface area (Å²) in [5.74, 6) is -0.199. The normalized spacial score (nSPS) is 11.8. The number of amides is 1. The first-order chi connectivity index (χ1) is 16.7. The van der Waals surface area contributed by atoms with E-state index in [9.17, 15) is 18.0 Å². The van der Waals surface area contributed by atoms with Crippen LogP contribution in [0.5, 0.6) is 0 Å². The summed E-state index contributed by atoms with van der Waals surface area (Å²) in [5.41, 5.74) is 2.24. The Morgan fingerprint density at radius 2 is 1.80 bits per heavy atom. The van der Waals surface area contributed by atoms with Crippen molar-refractivity contribution in [1.82, 2.24) is 15.0 Å². The SMILES string of the molecule is CC(C)c1cccc(NC(=O)c2ccc(C(F)(F)F)c([As]c3ncccc3-c3ccncn3)c2)c1. The van der Waals surface area contributed by atoms with E-state index in [-0.39, 0.29) is 15.8 Å². The number of nitrogens with one attached hydrogen (secondary N) is 1. The van der Waals surface area contributed by atoms with Gasteiger partial charge in [0.1, 0.15) is 0 Å². The molecule has 2 heterocycles. The maximum absolute atomic E-state index is 13.8. The molecule has 2 aromatic heterocycles. The monoisotopic (exact) mass is 537 g/mol. The fourth-order valence-corrected chi connectivity index (χ4v) is 5.93. The molecule has 1 amide bonds. The number of benzene rings is 2. The Kier molecular flexibility index (Phi) is 7.31. The van der Waals surface area contributed by atoms with Crippen LogP contribution < -0.4 is 14.1 Å². The number of rotatable bonds is 6. The maximum atomic E-state index is 13.8. The van der Waals surface area contributed by atoms with Gasteiger partial charge in [-0.2, -0.15) is 0 Å². The molecule has 0 aliphatic carbocycles. The third-order valence-corrected chi connectivity index (χ3v) is 7.72. The summed E-state index contributed by atoms with van der Waals surface area (Å²) in [4.78, 5) is 25.4. The Bertz CT molecular complexity index is 1340. The van der Waals surface area contributed by atoms with E-state index < -0.39 is 33.4 Å². The second-order valence-electron chi connectivity index (χ2n) is 8.04. The first-order valence-corrected chi connectivity index (χ1v) is 12.7. The Labute approximate surface area is 207 Å². The molecule has 177 valence electrons. The van der Waals surface area contributed by atoms with Crippen LogP contribution >= 0.6 is 0 Å². The van der Waals surface area contributed by atoms with Gasteiger partial charge in [-0.1, -0.05) is 0 Å². The zero-order valence-electron chi connectivity index (χ0n) is 18.9. The van der Waals surface area contributed by atoms with E-state index in [1.807, 2.05) is 32.0 Å². The van der Waals surface area contributed by atoms with Crippen molar-refractivity contribution in [1.29, 1.82) is 0 Å². The molecule has 0 bridgehead atoms. The minimum absolute atomic E-state index is 0.0475. The molecule has 2 aromatic carbocycles. The zero-order chi connectivity index (χ0) is 25.0. The molecule has 0 saturated carbocycles. The zero-order valence-corrected chi connectivity index (χ0v) is 20.8. The van der Waals surface area contributed by atoms with Crippen molar-refractivity contribution in [2.24, 2.45) is 0 Å². The molecule has 9 heteroatoms. The first-order valence-electron chi connectivity index (χ1n) is 10.8. The van der Waals surface area contributed by atoms with Gasteiger partial charge < -0.3 is 0 Å². The standard InChI is InChI=1S/C26H21AsF3N4O/c1-16(2)17-5-3-6-19(13-17)34-25(35)18-8-9-21(26(28,29)30)22(14-18)27-24-20(7-4-11-32-24)23-10-12-31-15-33-23/h3-16H,1-2H3,(H,34,35). The summed E-state index contributed by atoms with van der Waals surface area (Å²) in [6.07, 6.45) is -0.0738. The second kappa shape index (κ2) is 10.4. The van der Waals surface area contributed by atoms with E-state index in [2.05, 4.69) is 20.3 Å². The molecule has 0 fully saturated rings. The van der Waals surface area contributed by atoms with Gasteiger partial charge >= 0.3 is 208 Å². The van der Waals surface area contributed by atoms with Crippen LogP contribution in [-0.4, -0.2) is 36.6 Å². The molecule has 0 spiro atoms. The van der Waals surface area contributed by atoms with Gasteiger partial charge in [0.15, 0.2) is 0 Å². The average Bonchev–Trinajstić information content (AvgIpc) is 2.84. The average molecular weight is 537 g/mol. The van der Waals surface area contributed by atoms with E-state index in [0.717, 1.165) is 11.6 Å². The Hall–Kier alpha value is -3.51. The van der Waals surface area contributed by atoms with Gasteiger partial charge in [0.2, 0.25) is 0 Å². The van der Waals surface area contributed by atoms with Crippen molar-refractivity contribution in [2.75, 3.05) is 5.32 Å². The van der Waals surface area contributed by atoms with Crippen LogP contribution in [0, 0.1) is 0 Å². The number of carbonyl (C=O) groups excluding carboxylic acids is 1. The van der Waals surface area contributed by atoms with E-state index >= 15 is 0 Å². The van der Waals surface area contributed by atoms with Crippen molar-refractivity contribution in [3.05, 3.63) is 96.1 Å². The molecule has 1 N–H and O–H groups in total. The van der Waals surface area contributed by atoms with Crippen molar-refractivity contribution >= 4 is 36.2 Å². The number of aromatic nitrogens is 3. The number of hydrogen-bond acceptors (Lipinski definition) is 4. The molecule has 0 atom stereocenters. The van der Waals surface area contributed by atoms with Crippen LogP contribution in [0.4, 0.5) is 18.9 Å². The van der Waals surface area contributed by atoms with Gasteiger partial charge in [0, 0.05) is 0 Å². The summed E-state index contributed by atoms with van der Waals surface area (Å²) in [6, 6.07) is 16.1. The van der Waals surface area contributed by atoms with Crippen LogP contribution in [0.15, 0.2) is 79.4 Å². The van der Waals surface area contributed by atoms with Crippen LogP contribution in [0.1, 0.15) is 41.3 Å². The number of alkyl halides is 3. The van der Waals surface area contributed by atoms with Gasteiger partial charge in [-0.15, -0.1) is 0 Å². The fraction of sp³-hybridized carbons (Fsp3) is 0.154. The summed E-state index contributed by atoms with van der Waals surface area (Å²) in [7, 11) is 0. The Balaban J connectivity index is 1.69. The third kappa shape index (κ3) is 5.95. The van der Waals surface area contributed by atoms with Crippen LogP contribution in [0.25, 0.3) is 11.3 Å². The molecular weight excluding hydrogens is 516 g/mol. The number of nitrogens with zero attached hydrogens (tertiary/aromatic N) is 3. The van der Waals surface area contributed by atoms with Gasteiger partial charge in [-0.05, 0) is 0 Å². The van der Waals surface area contributed by atoms with Gasteiger partial charge in [-0.3, -0.25) is 0 Å². The number of pyridine rings is 1. The van der Waals surface area contributed by atoms with E-state index in [4.69, 9.17) is 0 Å². The van der Waals surface area contributed by atoms with Crippen LogP contribution in [-0.2, 0) is 6.18 Å². The van der Waals surface area contributed by atoms with Gasteiger partial charge in [-0.25, -0.2) is 0 Å². The summed E-state index contributed by atoms with van der Waals surface area (Å²) >= 11 is -1.21. The quantitative estimate of drug-likeness (QED) is 0.366. The number of anilines is 1. The van der Waals surface area contributed by atoms with E-state index in [0.29, 0.717) is 21.4 Å². The molecule has 35 heavy (non-hydrogen) atoms. The molecule has 4 rings (SSSR count). The van der Waals surface area contributed by atoms with Crippen LogP contribution in [0.3, 0.4) is 0 Å². The number of halogens is 3. The van der Waals surface area contributed by atoms with Crippen molar-refractivity contribution < 1.29 is 18.0 Å². The topological polar surface area (TPSA) is 67.8 Å². The molecule has 0 saturated heterocycles. The first kappa shape index (κ1) is 24.6. The molecule has 0 aliphatic heterocycles. The van der Waals surface area contributed by atoms with Crippen molar-refractivity contribution in [3.8, 4) is 11.3 Å². The van der Waals surface area contributed by atoms with Crippen LogP contribution in [0.2, 0.25) is 0 Å². The molecular formula is C26H21AsF3N4O. The predicted octanol–water partition coefficient (Wildman–Crippen LogP) is 4.59. The Morgan fingerprint density at radius 3 is 2.51 bits per heavy atom. The van der Waals surface area contributed by atoms with Gasteiger partial charge in [0.05, 0.1) is 0 Å². The van der Waals surface area contributed by atoms with E-state index in [1.54, 1.807) is 36.7 Å².